The molecule has 0 amide bonds. The Labute approximate surface area is 120 Å². The van der Waals surface area contributed by atoms with Crippen molar-refractivity contribution in [1.82, 2.24) is 14.5 Å². The molecule has 1 aliphatic rings. The van der Waals surface area contributed by atoms with Crippen LogP contribution < -0.4 is 10.5 Å². The van der Waals surface area contributed by atoms with Gasteiger partial charge in [0, 0.05) is 19.3 Å². The smallest absolute Gasteiger partial charge is 0.243 e. The molecule has 1 aromatic heterocycles. The highest BCUT2D eigenvalue weighted by Gasteiger charge is 2.17. The van der Waals surface area contributed by atoms with Gasteiger partial charge in [-0.05, 0) is 18.8 Å². The van der Waals surface area contributed by atoms with Gasteiger partial charge in [-0.3, -0.25) is 4.68 Å². The third-order valence-electron chi connectivity index (χ3n) is 3.83. The normalized spacial score (nSPS) is 16.9. The Morgan fingerprint density at radius 2 is 2.15 bits per heavy atom. The van der Waals surface area contributed by atoms with Crippen molar-refractivity contribution in [3.05, 3.63) is 12.4 Å². The van der Waals surface area contributed by atoms with Gasteiger partial charge in [0.15, 0.2) is 0 Å². The monoisotopic (exact) mass is 300 g/mol. The molecule has 0 radical (unpaired) electrons. The zero-order valence-electron chi connectivity index (χ0n) is 11.8. The minimum absolute atomic E-state index is 0.215. The van der Waals surface area contributed by atoms with E-state index < -0.39 is 10.0 Å². The van der Waals surface area contributed by atoms with Gasteiger partial charge in [0.2, 0.25) is 10.0 Å². The Kier molecular flexibility index (Phi) is 5.56. The van der Waals surface area contributed by atoms with Crippen LogP contribution in [0.5, 0.6) is 0 Å². The van der Waals surface area contributed by atoms with E-state index >= 15 is 0 Å². The Bertz CT molecular complexity index is 506. The molecule has 1 aliphatic carbocycles. The van der Waals surface area contributed by atoms with Gasteiger partial charge in [0.05, 0.1) is 12.7 Å². The Balaban J connectivity index is 1.77. The number of hydrogen-bond donors (Lipinski definition) is 2. The first-order valence-corrected chi connectivity index (χ1v) is 8.82. The van der Waals surface area contributed by atoms with Crippen molar-refractivity contribution < 1.29 is 8.42 Å². The first-order chi connectivity index (χ1) is 9.62. The van der Waals surface area contributed by atoms with Crippen molar-refractivity contribution in [3.8, 4) is 0 Å². The molecule has 1 fully saturated rings. The predicted molar refractivity (Wildman–Crippen MR) is 77.7 cm³/mol. The van der Waals surface area contributed by atoms with Crippen molar-refractivity contribution in [2.75, 3.05) is 13.1 Å². The van der Waals surface area contributed by atoms with Crippen LogP contribution in [-0.2, 0) is 16.6 Å². The molecule has 6 nitrogen and oxygen atoms in total. The van der Waals surface area contributed by atoms with Crippen LogP contribution in [0.1, 0.15) is 38.5 Å². The van der Waals surface area contributed by atoms with E-state index in [4.69, 9.17) is 5.73 Å². The highest BCUT2D eigenvalue weighted by atomic mass is 32.2. The highest BCUT2D eigenvalue weighted by Crippen LogP contribution is 2.28. The molecule has 114 valence electrons. The lowest BCUT2D eigenvalue weighted by molar-refractivity contribution is 0.480. The minimum Gasteiger partial charge on any atom is -0.329 e. The SMILES string of the molecule is NCCn1cc(S(=O)(=O)NCCCC2CCCC2)cn1. The molecule has 1 saturated carbocycles. The summed E-state index contributed by atoms with van der Waals surface area (Å²) >= 11 is 0. The fraction of sp³-hybridized carbons (Fsp3) is 0.769. The summed E-state index contributed by atoms with van der Waals surface area (Å²) in [7, 11) is -3.43. The second kappa shape index (κ2) is 7.19. The quantitative estimate of drug-likeness (QED) is 0.703. The molecule has 7 heteroatoms. The van der Waals surface area contributed by atoms with Gasteiger partial charge in [-0.15, -0.1) is 0 Å². The lowest BCUT2D eigenvalue weighted by atomic mass is 10.0. The van der Waals surface area contributed by atoms with Gasteiger partial charge < -0.3 is 5.73 Å². The van der Waals surface area contributed by atoms with Crippen LogP contribution >= 0.6 is 0 Å². The number of aromatic nitrogens is 2. The number of nitrogens with two attached hydrogens (primary N) is 1. The summed E-state index contributed by atoms with van der Waals surface area (Å²) in [6.45, 7) is 1.47. The fourth-order valence-corrected chi connectivity index (χ4v) is 3.74. The Morgan fingerprint density at radius 3 is 2.85 bits per heavy atom. The lowest BCUT2D eigenvalue weighted by Crippen LogP contribution is -2.24. The predicted octanol–water partition coefficient (Wildman–Crippen LogP) is 1.09. The summed E-state index contributed by atoms with van der Waals surface area (Å²) in [5.41, 5.74) is 5.41. The first kappa shape index (κ1) is 15.5. The van der Waals surface area contributed by atoms with Crippen LogP contribution in [0.2, 0.25) is 0 Å². The van der Waals surface area contributed by atoms with Gasteiger partial charge >= 0.3 is 0 Å². The van der Waals surface area contributed by atoms with Gasteiger partial charge in [-0.25, -0.2) is 13.1 Å². The van der Waals surface area contributed by atoms with E-state index in [1.54, 1.807) is 4.68 Å². The van der Waals surface area contributed by atoms with E-state index in [1.165, 1.54) is 38.1 Å². The number of nitrogens with one attached hydrogen (secondary N) is 1. The summed E-state index contributed by atoms with van der Waals surface area (Å²) in [5, 5.41) is 3.98. The van der Waals surface area contributed by atoms with E-state index in [-0.39, 0.29) is 4.90 Å². The summed E-state index contributed by atoms with van der Waals surface area (Å²) in [6, 6.07) is 0. The summed E-state index contributed by atoms with van der Waals surface area (Å²) < 4.78 is 28.3. The largest absolute Gasteiger partial charge is 0.329 e. The van der Waals surface area contributed by atoms with Gasteiger partial charge in [0.1, 0.15) is 4.90 Å². The zero-order chi connectivity index (χ0) is 14.4. The van der Waals surface area contributed by atoms with E-state index in [1.807, 2.05) is 0 Å². The third kappa shape index (κ3) is 4.29. The molecule has 3 N–H and O–H groups in total. The van der Waals surface area contributed by atoms with Crippen molar-refractivity contribution in [1.29, 1.82) is 0 Å². The molecule has 0 aliphatic heterocycles. The molecule has 2 rings (SSSR count). The van der Waals surface area contributed by atoms with Gasteiger partial charge in [0.25, 0.3) is 0 Å². The molecule has 20 heavy (non-hydrogen) atoms. The van der Waals surface area contributed by atoms with Crippen molar-refractivity contribution in [2.45, 2.75) is 50.0 Å². The maximum atomic E-state index is 12.1. The first-order valence-electron chi connectivity index (χ1n) is 7.34. The van der Waals surface area contributed by atoms with Gasteiger partial charge in [-0.2, -0.15) is 5.10 Å². The van der Waals surface area contributed by atoms with Crippen LogP contribution in [0, 0.1) is 5.92 Å². The molecule has 0 saturated heterocycles. The average molecular weight is 300 g/mol. The van der Waals surface area contributed by atoms with E-state index in [9.17, 15) is 8.42 Å². The van der Waals surface area contributed by atoms with Gasteiger partial charge in [-0.1, -0.05) is 25.7 Å². The van der Waals surface area contributed by atoms with Crippen LogP contribution in [0.4, 0.5) is 0 Å². The maximum absolute atomic E-state index is 12.1. The highest BCUT2D eigenvalue weighted by molar-refractivity contribution is 7.89. The summed E-state index contributed by atoms with van der Waals surface area (Å²) in [6.07, 6.45) is 10.2. The third-order valence-corrected chi connectivity index (χ3v) is 5.25. The number of nitrogens with zero attached hydrogens (tertiary/aromatic N) is 2. The van der Waals surface area contributed by atoms with Crippen molar-refractivity contribution >= 4 is 10.0 Å². The Morgan fingerprint density at radius 1 is 1.40 bits per heavy atom. The van der Waals surface area contributed by atoms with Crippen LogP contribution in [0.3, 0.4) is 0 Å². The Hall–Kier alpha value is -0.920. The molecule has 1 aromatic rings. The summed E-state index contributed by atoms with van der Waals surface area (Å²) in [5.74, 6) is 0.798. The second-order valence-corrected chi connectivity index (χ2v) is 7.19. The number of hydrogen-bond acceptors (Lipinski definition) is 4. The maximum Gasteiger partial charge on any atom is 0.243 e. The van der Waals surface area contributed by atoms with E-state index in [0.29, 0.717) is 19.6 Å². The lowest BCUT2D eigenvalue weighted by Gasteiger charge is -2.09. The molecular weight excluding hydrogens is 276 g/mol. The molecule has 0 unspecified atom stereocenters. The van der Waals surface area contributed by atoms with E-state index in [0.717, 1.165) is 18.8 Å². The average Bonchev–Trinajstić information content (AvgIpc) is 3.06. The molecule has 0 spiro atoms. The van der Waals surface area contributed by atoms with E-state index in [2.05, 4.69) is 9.82 Å². The zero-order valence-corrected chi connectivity index (χ0v) is 12.6. The molecule has 0 atom stereocenters. The van der Waals surface area contributed by atoms with Crippen LogP contribution in [-0.4, -0.2) is 31.3 Å². The number of rotatable bonds is 8. The minimum atomic E-state index is -3.43. The molecule has 0 aromatic carbocycles. The topological polar surface area (TPSA) is 90.0 Å². The molecule has 1 heterocycles. The van der Waals surface area contributed by atoms with Crippen LogP contribution in [0.15, 0.2) is 17.3 Å². The van der Waals surface area contributed by atoms with Crippen LogP contribution in [0.25, 0.3) is 0 Å². The molecule has 0 bridgehead atoms. The standard InChI is InChI=1S/C13H24N4O2S/c14-7-9-17-11-13(10-15-17)20(18,19)16-8-3-6-12-4-1-2-5-12/h10-12,16H,1-9,14H2. The van der Waals surface area contributed by atoms with Crippen molar-refractivity contribution in [3.63, 3.8) is 0 Å². The fourth-order valence-electron chi connectivity index (χ4n) is 2.72. The molecular formula is C13H24N4O2S. The van der Waals surface area contributed by atoms with Crippen molar-refractivity contribution in [2.24, 2.45) is 11.7 Å². The summed E-state index contributed by atoms with van der Waals surface area (Å²) in [4.78, 5) is 0.215. The second-order valence-electron chi connectivity index (χ2n) is 5.42. The number of sulfonamides is 1.